The first kappa shape index (κ1) is 18.7. The molecule has 0 saturated carbocycles. The van der Waals surface area contributed by atoms with Gasteiger partial charge in [0.2, 0.25) is 5.91 Å². The standard InChI is InChI=1S/C20H18ClNO5/c1-24-14-4-6-17(25-2)16(11-14)22-19(23)7-5-15-9-12-8-13(21)10-18(26-3)20(12)27-15/h4-11H,1-3H3,(H,22,23)/b7-5+. The highest BCUT2D eigenvalue weighted by Gasteiger charge is 2.10. The fourth-order valence-electron chi connectivity index (χ4n) is 2.58. The maximum atomic E-state index is 12.3. The van der Waals surface area contributed by atoms with Crippen LogP contribution in [0.2, 0.25) is 5.02 Å². The summed E-state index contributed by atoms with van der Waals surface area (Å²) >= 11 is 6.06. The number of benzene rings is 2. The maximum absolute atomic E-state index is 12.3. The largest absolute Gasteiger partial charge is 0.497 e. The van der Waals surface area contributed by atoms with Crippen molar-refractivity contribution in [3.8, 4) is 17.2 Å². The summed E-state index contributed by atoms with van der Waals surface area (Å²) in [5.74, 6) is 1.82. The second kappa shape index (κ2) is 8.05. The summed E-state index contributed by atoms with van der Waals surface area (Å²) in [5.41, 5.74) is 1.07. The van der Waals surface area contributed by atoms with Gasteiger partial charge in [-0.05, 0) is 30.3 Å². The molecule has 27 heavy (non-hydrogen) atoms. The van der Waals surface area contributed by atoms with Gasteiger partial charge in [0, 0.05) is 28.6 Å². The maximum Gasteiger partial charge on any atom is 0.248 e. The number of furan rings is 1. The van der Waals surface area contributed by atoms with E-state index in [0.29, 0.717) is 39.3 Å². The Hall–Kier alpha value is -3.12. The Bertz CT molecular complexity index is 1010. The molecular weight excluding hydrogens is 370 g/mol. The first-order valence-corrected chi connectivity index (χ1v) is 8.40. The minimum atomic E-state index is -0.341. The summed E-state index contributed by atoms with van der Waals surface area (Å²) in [4.78, 5) is 12.3. The first-order chi connectivity index (χ1) is 13.0. The molecule has 3 rings (SSSR count). The Kier molecular flexibility index (Phi) is 5.57. The lowest BCUT2D eigenvalue weighted by Crippen LogP contribution is -2.09. The number of anilines is 1. The van der Waals surface area contributed by atoms with Crippen molar-refractivity contribution in [2.24, 2.45) is 0 Å². The van der Waals surface area contributed by atoms with Crippen LogP contribution < -0.4 is 19.5 Å². The van der Waals surface area contributed by atoms with Crippen LogP contribution in [0.5, 0.6) is 17.2 Å². The number of ether oxygens (including phenoxy) is 3. The van der Waals surface area contributed by atoms with Crippen molar-refractivity contribution < 1.29 is 23.4 Å². The fourth-order valence-corrected chi connectivity index (χ4v) is 2.80. The molecule has 3 aromatic rings. The molecule has 0 aliphatic rings. The van der Waals surface area contributed by atoms with E-state index in [1.54, 1.807) is 49.6 Å². The highest BCUT2D eigenvalue weighted by atomic mass is 35.5. The Balaban J connectivity index is 1.80. The van der Waals surface area contributed by atoms with E-state index >= 15 is 0 Å². The minimum Gasteiger partial charge on any atom is -0.497 e. The molecule has 7 heteroatoms. The number of amides is 1. The van der Waals surface area contributed by atoms with Gasteiger partial charge in [-0.1, -0.05) is 11.6 Å². The molecule has 140 valence electrons. The molecule has 1 aromatic heterocycles. The summed E-state index contributed by atoms with van der Waals surface area (Å²) in [6.45, 7) is 0. The molecule has 0 saturated heterocycles. The number of fused-ring (bicyclic) bond motifs is 1. The van der Waals surface area contributed by atoms with E-state index < -0.39 is 0 Å². The first-order valence-electron chi connectivity index (χ1n) is 8.02. The van der Waals surface area contributed by atoms with Crippen molar-refractivity contribution in [1.82, 2.24) is 0 Å². The second-order valence-electron chi connectivity index (χ2n) is 5.56. The van der Waals surface area contributed by atoms with Crippen molar-refractivity contribution in [2.45, 2.75) is 0 Å². The molecule has 0 atom stereocenters. The predicted molar refractivity (Wildman–Crippen MR) is 105 cm³/mol. The van der Waals surface area contributed by atoms with Crippen LogP contribution in [-0.4, -0.2) is 27.2 Å². The normalized spacial score (nSPS) is 11.0. The van der Waals surface area contributed by atoms with E-state index in [-0.39, 0.29) is 5.91 Å². The van der Waals surface area contributed by atoms with Crippen molar-refractivity contribution >= 4 is 40.2 Å². The van der Waals surface area contributed by atoms with E-state index in [4.69, 9.17) is 30.2 Å². The third-order valence-corrected chi connectivity index (χ3v) is 4.07. The second-order valence-corrected chi connectivity index (χ2v) is 6.00. The Morgan fingerprint density at radius 1 is 1.04 bits per heavy atom. The molecule has 0 aliphatic carbocycles. The molecule has 2 aromatic carbocycles. The average Bonchev–Trinajstić information content (AvgIpc) is 3.08. The predicted octanol–water partition coefficient (Wildman–Crippen LogP) is 4.76. The number of methoxy groups -OCH3 is 3. The smallest absolute Gasteiger partial charge is 0.248 e. The highest BCUT2D eigenvalue weighted by molar-refractivity contribution is 6.31. The molecule has 0 unspecified atom stereocenters. The van der Waals surface area contributed by atoms with E-state index in [0.717, 1.165) is 5.39 Å². The van der Waals surface area contributed by atoms with Gasteiger partial charge in [-0.3, -0.25) is 4.79 Å². The van der Waals surface area contributed by atoms with Crippen LogP contribution in [0.3, 0.4) is 0 Å². The van der Waals surface area contributed by atoms with Crippen LogP contribution in [0.4, 0.5) is 5.69 Å². The number of carbonyl (C=O) groups excluding carboxylic acids is 1. The van der Waals surface area contributed by atoms with Crippen molar-refractivity contribution in [2.75, 3.05) is 26.6 Å². The molecule has 0 radical (unpaired) electrons. The number of carbonyl (C=O) groups is 1. The van der Waals surface area contributed by atoms with Crippen LogP contribution >= 0.6 is 11.6 Å². The molecular formula is C20H18ClNO5. The lowest BCUT2D eigenvalue weighted by atomic mass is 10.2. The number of rotatable bonds is 6. The van der Waals surface area contributed by atoms with Crippen LogP contribution in [0.25, 0.3) is 17.0 Å². The van der Waals surface area contributed by atoms with Crippen molar-refractivity contribution in [3.63, 3.8) is 0 Å². The van der Waals surface area contributed by atoms with Crippen LogP contribution in [0, 0.1) is 0 Å². The quantitative estimate of drug-likeness (QED) is 0.617. The molecule has 6 nitrogen and oxygen atoms in total. The van der Waals surface area contributed by atoms with Gasteiger partial charge >= 0.3 is 0 Å². The van der Waals surface area contributed by atoms with Gasteiger partial charge in [0.05, 0.1) is 27.0 Å². The van der Waals surface area contributed by atoms with Gasteiger partial charge in [-0.2, -0.15) is 0 Å². The van der Waals surface area contributed by atoms with Gasteiger partial charge in [0.1, 0.15) is 17.3 Å². The molecule has 0 aliphatic heterocycles. The van der Waals surface area contributed by atoms with E-state index in [1.807, 2.05) is 0 Å². The SMILES string of the molecule is COc1ccc(OC)c(NC(=O)/C=C/c2cc3cc(Cl)cc(OC)c3o2)c1. The highest BCUT2D eigenvalue weighted by Crippen LogP contribution is 2.33. The number of hydrogen-bond donors (Lipinski definition) is 1. The Morgan fingerprint density at radius 3 is 2.52 bits per heavy atom. The van der Waals surface area contributed by atoms with E-state index in [2.05, 4.69) is 5.32 Å². The van der Waals surface area contributed by atoms with Gasteiger partial charge in [-0.15, -0.1) is 0 Å². The molecule has 1 N–H and O–H groups in total. The van der Waals surface area contributed by atoms with Crippen LogP contribution in [0.15, 0.2) is 46.9 Å². The van der Waals surface area contributed by atoms with E-state index in [9.17, 15) is 4.79 Å². The van der Waals surface area contributed by atoms with Gasteiger partial charge in [-0.25, -0.2) is 0 Å². The molecule has 0 bridgehead atoms. The molecule has 1 heterocycles. The Labute approximate surface area is 161 Å². The lowest BCUT2D eigenvalue weighted by molar-refractivity contribution is -0.111. The molecule has 0 fully saturated rings. The van der Waals surface area contributed by atoms with E-state index in [1.165, 1.54) is 20.3 Å². The Morgan fingerprint density at radius 2 is 1.81 bits per heavy atom. The summed E-state index contributed by atoms with van der Waals surface area (Å²) in [6, 6.07) is 10.4. The van der Waals surface area contributed by atoms with Gasteiger partial charge in [0.15, 0.2) is 11.3 Å². The van der Waals surface area contributed by atoms with Gasteiger partial charge < -0.3 is 23.9 Å². The lowest BCUT2D eigenvalue weighted by Gasteiger charge is -2.10. The zero-order valence-electron chi connectivity index (χ0n) is 15.0. The summed E-state index contributed by atoms with van der Waals surface area (Å²) in [6.07, 6.45) is 2.93. The third kappa shape index (κ3) is 4.17. The summed E-state index contributed by atoms with van der Waals surface area (Å²) in [5, 5.41) is 4.08. The topological polar surface area (TPSA) is 69.9 Å². The summed E-state index contributed by atoms with van der Waals surface area (Å²) in [7, 11) is 4.62. The zero-order valence-corrected chi connectivity index (χ0v) is 15.8. The minimum absolute atomic E-state index is 0.341. The van der Waals surface area contributed by atoms with Crippen LogP contribution in [-0.2, 0) is 4.79 Å². The fraction of sp³-hybridized carbons (Fsp3) is 0.150. The van der Waals surface area contributed by atoms with Crippen molar-refractivity contribution in [1.29, 1.82) is 0 Å². The summed E-state index contributed by atoms with van der Waals surface area (Å²) < 4.78 is 21.4. The van der Waals surface area contributed by atoms with Gasteiger partial charge in [0.25, 0.3) is 0 Å². The van der Waals surface area contributed by atoms with Crippen LogP contribution in [0.1, 0.15) is 5.76 Å². The average molecular weight is 388 g/mol. The number of hydrogen-bond acceptors (Lipinski definition) is 5. The third-order valence-electron chi connectivity index (χ3n) is 3.85. The molecule has 0 spiro atoms. The monoisotopic (exact) mass is 387 g/mol. The zero-order chi connectivity index (χ0) is 19.4. The number of halogens is 1. The van der Waals surface area contributed by atoms with Crippen molar-refractivity contribution in [3.05, 3.63) is 53.3 Å². The number of nitrogens with one attached hydrogen (secondary N) is 1. The molecule has 1 amide bonds.